The number of hydrogen-bond donors (Lipinski definition) is 1. The molecule has 2 aromatic rings. The Morgan fingerprint density at radius 3 is 2.71 bits per heavy atom. The molecule has 1 saturated carbocycles. The zero-order chi connectivity index (χ0) is 14.7. The number of nitrogens with one attached hydrogen (secondary N) is 1. The zero-order valence-electron chi connectivity index (χ0n) is 11.6. The smallest absolute Gasteiger partial charge is 0.223 e. The normalized spacial score (nSPS) is 15.3. The molecule has 1 aliphatic carbocycles. The van der Waals surface area contributed by atoms with Crippen LogP contribution in [0.3, 0.4) is 0 Å². The summed E-state index contributed by atoms with van der Waals surface area (Å²) in [7, 11) is 0. The summed E-state index contributed by atoms with van der Waals surface area (Å²) in [6.45, 7) is 0.402. The molecule has 0 aliphatic heterocycles. The van der Waals surface area contributed by atoms with E-state index in [1.807, 2.05) is 30.3 Å². The van der Waals surface area contributed by atoms with Crippen LogP contribution in [0.2, 0.25) is 0 Å². The maximum absolute atomic E-state index is 12.0. The molecule has 0 unspecified atom stereocenters. The van der Waals surface area contributed by atoms with Gasteiger partial charge in [-0.3, -0.25) is 4.79 Å². The summed E-state index contributed by atoms with van der Waals surface area (Å²) >= 11 is 3.40. The molecule has 0 radical (unpaired) electrons. The molecule has 1 aromatic carbocycles. The number of halogens is 1. The van der Waals surface area contributed by atoms with E-state index in [0.717, 1.165) is 41.4 Å². The van der Waals surface area contributed by atoms with Crippen molar-refractivity contribution in [2.24, 2.45) is 5.92 Å². The van der Waals surface area contributed by atoms with Crippen LogP contribution >= 0.6 is 15.9 Å². The lowest BCUT2D eigenvalue weighted by molar-refractivity contribution is -0.125. The minimum absolute atomic E-state index is 0.133. The van der Waals surface area contributed by atoms with Crippen LogP contribution < -0.4 is 5.32 Å². The molecule has 0 spiro atoms. The number of benzene rings is 1. The van der Waals surface area contributed by atoms with Crippen molar-refractivity contribution in [2.75, 3.05) is 0 Å². The number of amides is 1. The number of hydrogen-bond acceptors (Lipinski definition) is 3. The molecule has 0 atom stereocenters. The van der Waals surface area contributed by atoms with E-state index in [4.69, 9.17) is 4.52 Å². The van der Waals surface area contributed by atoms with Crippen molar-refractivity contribution in [1.82, 2.24) is 10.5 Å². The maximum atomic E-state index is 12.0. The van der Waals surface area contributed by atoms with Gasteiger partial charge in [-0.1, -0.05) is 46.1 Å². The highest BCUT2D eigenvalue weighted by Gasteiger charge is 2.22. The van der Waals surface area contributed by atoms with Gasteiger partial charge in [-0.15, -0.1) is 0 Å². The first kappa shape index (κ1) is 14.3. The van der Waals surface area contributed by atoms with Gasteiger partial charge in [0.25, 0.3) is 0 Å². The standard InChI is InChI=1S/C16H17BrN2O2/c17-13-7-5-11(6-8-13)15-9-14(21-19-15)10-18-16(20)12-3-1-2-4-12/h5-9,12H,1-4,10H2,(H,18,20). The third-order valence-corrected chi connectivity index (χ3v) is 4.39. The highest BCUT2D eigenvalue weighted by atomic mass is 79.9. The van der Waals surface area contributed by atoms with Gasteiger partial charge in [0.15, 0.2) is 5.76 Å². The van der Waals surface area contributed by atoms with Gasteiger partial charge in [-0.25, -0.2) is 0 Å². The fourth-order valence-electron chi connectivity index (χ4n) is 2.66. The van der Waals surface area contributed by atoms with Crippen molar-refractivity contribution >= 4 is 21.8 Å². The highest BCUT2D eigenvalue weighted by Crippen LogP contribution is 2.25. The van der Waals surface area contributed by atoms with E-state index in [2.05, 4.69) is 26.4 Å². The van der Waals surface area contributed by atoms with Gasteiger partial charge < -0.3 is 9.84 Å². The predicted octanol–water partition coefficient (Wildman–Crippen LogP) is 3.91. The van der Waals surface area contributed by atoms with Crippen LogP contribution in [0, 0.1) is 5.92 Å². The first-order valence-corrected chi connectivity index (χ1v) is 8.01. The van der Waals surface area contributed by atoms with Crippen molar-refractivity contribution in [3.63, 3.8) is 0 Å². The molecule has 4 nitrogen and oxygen atoms in total. The van der Waals surface area contributed by atoms with E-state index in [1.165, 1.54) is 0 Å². The summed E-state index contributed by atoms with van der Waals surface area (Å²) in [6, 6.07) is 9.75. The number of carbonyl (C=O) groups excluding carboxylic acids is 1. The van der Waals surface area contributed by atoms with E-state index in [9.17, 15) is 4.79 Å². The highest BCUT2D eigenvalue weighted by molar-refractivity contribution is 9.10. The Bertz CT molecular complexity index is 615. The fraction of sp³-hybridized carbons (Fsp3) is 0.375. The van der Waals surface area contributed by atoms with Crippen LogP contribution in [0.5, 0.6) is 0 Å². The minimum Gasteiger partial charge on any atom is -0.359 e. The fourth-order valence-corrected chi connectivity index (χ4v) is 2.92. The van der Waals surface area contributed by atoms with E-state index in [-0.39, 0.29) is 11.8 Å². The summed E-state index contributed by atoms with van der Waals surface area (Å²) in [5.41, 5.74) is 1.78. The molecule has 1 aliphatic rings. The van der Waals surface area contributed by atoms with E-state index >= 15 is 0 Å². The zero-order valence-corrected chi connectivity index (χ0v) is 13.2. The van der Waals surface area contributed by atoms with Gasteiger partial charge in [-0.05, 0) is 25.0 Å². The molecule has 0 saturated heterocycles. The molecule has 1 N–H and O–H groups in total. The Morgan fingerprint density at radius 1 is 1.29 bits per heavy atom. The van der Waals surface area contributed by atoms with Crippen LogP contribution in [-0.2, 0) is 11.3 Å². The molecule has 110 valence electrons. The largest absolute Gasteiger partial charge is 0.359 e. The Kier molecular flexibility index (Phi) is 4.39. The van der Waals surface area contributed by atoms with Crippen molar-refractivity contribution < 1.29 is 9.32 Å². The van der Waals surface area contributed by atoms with Crippen molar-refractivity contribution in [2.45, 2.75) is 32.2 Å². The molecule has 3 rings (SSSR count). The van der Waals surface area contributed by atoms with Crippen LogP contribution in [0.1, 0.15) is 31.4 Å². The molecule has 0 bridgehead atoms. The van der Waals surface area contributed by atoms with Gasteiger partial charge in [0, 0.05) is 22.0 Å². The number of rotatable bonds is 4. The second-order valence-corrected chi connectivity index (χ2v) is 6.30. The summed E-state index contributed by atoms with van der Waals surface area (Å²) in [5, 5.41) is 6.98. The summed E-state index contributed by atoms with van der Waals surface area (Å²) in [4.78, 5) is 12.0. The topological polar surface area (TPSA) is 55.1 Å². The molecule has 1 amide bonds. The van der Waals surface area contributed by atoms with Crippen molar-refractivity contribution in [3.8, 4) is 11.3 Å². The van der Waals surface area contributed by atoms with Gasteiger partial charge in [-0.2, -0.15) is 0 Å². The Labute approximate surface area is 132 Å². The SMILES string of the molecule is O=C(NCc1cc(-c2ccc(Br)cc2)no1)C1CCCC1. The lowest BCUT2D eigenvalue weighted by Gasteiger charge is -2.08. The average molecular weight is 349 g/mol. The van der Waals surface area contributed by atoms with Crippen molar-refractivity contribution in [1.29, 1.82) is 0 Å². The maximum Gasteiger partial charge on any atom is 0.223 e. The van der Waals surface area contributed by atoms with E-state index in [1.54, 1.807) is 0 Å². The van der Waals surface area contributed by atoms with Gasteiger partial charge in [0.1, 0.15) is 5.69 Å². The first-order valence-electron chi connectivity index (χ1n) is 7.21. The van der Waals surface area contributed by atoms with Crippen LogP contribution in [-0.4, -0.2) is 11.1 Å². The van der Waals surface area contributed by atoms with Gasteiger partial charge in [0.2, 0.25) is 5.91 Å². The Morgan fingerprint density at radius 2 is 2.00 bits per heavy atom. The average Bonchev–Trinajstić information content (AvgIpc) is 3.17. The Balaban J connectivity index is 1.60. The van der Waals surface area contributed by atoms with Crippen LogP contribution in [0.15, 0.2) is 39.3 Å². The molecule has 1 heterocycles. The molecule has 1 fully saturated rings. The second-order valence-electron chi connectivity index (χ2n) is 5.38. The number of nitrogens with zero attached hydrogens (tertiary/aromatic N) is 1. The number of aromatic nitrogens is 1. The second kappa shape index (κ2) is 6.43. The lowest BCUT2D eigenvalue weighted by atomic mass is 10.1. The molecule has 21 heavy (non-hydrogen) atoms. The van der Waals surface area contributed by atoms with Crippen LogP contribution in [0.25, 0.3) is 11.3 Å². The molecular weight excluding hydrogens is 332 g/mol. The molecular formula is C16H17BrN2O2. The van der Waals surface area contributed by atoms with Gasteiger partial charge in [0.05, 0.1) is 6.54 Å². The monoisotopic (exact) mass is 348 g/mol. The summed E-state index contributed by atoms with van der Waals surface area (Å²) in [5.74, 6) is 0.993. The third-order valence-electron chi connectivity index (χ3n) is 3.86. The van der Waals surface area contributed by atoms with Gasteiger partial charge >= 0.3 is 0 Å². The predicted molar refractivity (Wildman–Crippen MR) is 83.4 cm³/mol. The quantitative estimate of drug-likeness (QED) is 0.911. The van der Waals surface area contributed by atoms with E-state index < -0.39 is 0 Å². The summed E-state index contributed by atoms with van der Waals surface area (Å²) in [6.07, 6.45) is 4.33. The Hall–Kier alpha value is -1.62. The molecule has 1 aromatic heterocycles. The van der Waals surface area contributed by atoms with Crippen LogP contribution in [0.4, 0.5) is 0 Å². The molecule has 5 heteroatoms. The summed E-state index contributed by atoms with van der Waals surface area (Å²) < 4.78 is 6.31. The lowest BCUT2D eigenvalue weighted by Crippen LogP contribution is -2.28. The first-order chi connectivity index (χ1) is 10.2. The van der Waals surface area contributed by atoms with E-state index in [0.29, 0.717) is 12.3 Å². The minimum atomic E-state index is 0.133. The third kappa shape index (κ3) is 3.53. The van der Waals surface area contributed by atoms with Crippen molar-refractivity contribution in [3.05, 3.63) is 40.6 Å². The number of carbonyl (C=O) groups is 1.